The first-order valence-corrected chi connectivity index (χ1v) is 5.08. The van der Waals surface area contributed by atoms with Gasteiger partial charge in [0.1, 0.15) is 5.56 Å². The van der Waals surface area contributed by atoms with Gasteiger partial charge in [0.2, 0.25) is 5.75 Å². The van der Waals surface area contributed by atoms with Crippen LogP contribution in [-0.2, 0) is 10.6 Å². The standard InChI is InChI=1S/C10H10ClNO5/c1-16-9-7(10(13)17-2)3-6(5-11)4-8(9)12(14)15/h3-4H,5H2,1-2H3. The molecule has 17 heavy (non-hydrogen) atoms. The first-order chi connectivity index (χ1) is 8.04. The Labute approximate surface area is 102 Å². The summed E-state index contributed by atoms with van der Waals surface area (Å²) in [5, 5.41) is 10.8. The first-order valence-electron chi connectivity index (χ1n) is 4.54. The number of nitro groups is 1. The van der Waals surface area contributed by atoms with Crippen LogP contribution < -0.4 is 4.74 Å². The average molecular weight is 260 g/mol. The minimum atomic E-state index is -0.711. The molecular weight excluding hydrogens is 250 g/mol. The molecule has 0 N–H and O–H groups in total. The van der Waals surface area contributed by atoms with E-state index < -0.39 is 10.9 Å². The van der Waals surface area contributed by atoms with Gasteiger partial charge >= 0.3 is 11.7 Å². The Hall–Kier alpha value is -1.82. The molecule has 0 saturated heterocycles. The van der Waals surface area contributed by atoms with Gasteiger partial charge in [-0.1, -0.05) is 0 Å². The molecule has 0 saturated carbocycles. The van der Waals surface area contributed by atoms with E-state index in [1.165, 1.54) is 26.4 Å². The quantitative estimate of drug-likeness (QED) is 0.358. The Morgan fingerprint density at radius 1 is 1.47 bits per heavy atom. The maximum Gasteiger partial charge on any atom is 0.341 e. The number of carbonyl (C=O) groups is 1. The van der Waals surface area contributed by atoms with E-state index in [9.17, 15) is 14.9 Å². The van der Waals surface area contributed by atoms with Gasteiger partial charge in [-0.15, -0.1) is 11.6 Å². The molecule has 0 unspecified atom stereocenters. The van der Waals surface area contributed by atoms with E-state index in [1.54, 1.807) is 0 Å². The van der Waals surface area contributed by atoms with Gasteiger partial charge in [0.15, 0.2) is 0 Å². The summed E-state index contributed by atoms with van der Waals surface area (Å²) >= 11 is 5.60. The van der Waals surface area contributed by atoms with Crippen LogP contribution in [0.4, 0.5) is 5.69 Å². The topological polar surface area (TPSA) is 78.7 Å². The fourth-order valence-corrected chi connectivity index (χ4v) is 1.51. The van der Waals surface area contributed by atoms with Crippen LogP contribution in [0.3, 0.4) is 0 Å². The zero-order valence-electron chi connectivity index (χ0n) is 9.23. The van der Waals surface area contributed by atoms with Crippen molar-refractivity contribution in [1.82, 2.24) is 0 Å². The number of alkyl halides is 1. The van der Waals surface area contributed by atoms with E-state index in [1.807, 2.05) is 0 Å². The van der Waals surface area contributed by atoms with Crippen molar-refractivity contribution in [1.29, 1.82) is 0 Å². The van der Waals surface area contributed by atoms with Crippen molar-refractivity contribution in [2.75, 3.05) is 14.2 Å². The van der Waals surface area contributed by atoms with E-state index >= 15 is 0 Å². The molecule has 0 spiro atoms. The van der Waals surface area contributed by atoms with Crippen molar-refractivity contribution < 1.29 is 19.2 Å². The van der Waals surface area contributed by atoms with Gasteiger partial charge in [-0.2, -0.15) is 0 Å². The van der Waals surface area contributed by atoms with Gasteiger partial charge in [0.05, 0.1) is 19.1 Å². The fourth-order valence-electron chi connectivity index (χ4n) is 1.36. The van der Waals surface area contributed by atoms with Gasteiger partial charge < -0.3 is 9.47 Å². The highest BCUT2D eigenvalue weighted by Gasteiger charge is 2.24. The lowest BCUT2D eigenvalue weighted by molar-refractivity contribution is -0.385. The number of rotatable bonds is 4. The SMILES string of the molecule is COC(=O)c1cc(CCl)cc([N+](=O)[O-])c1OC. The zero-order chi connectivity index (χ0) is 13.0. The van der Waals surface area contributed by atoms with E-state index in [2.05, 4.69) is 4.74 Å². The summed E-state index contributed by atoms with van der Waals surface area (Å²) in [4.78, 5) is 21.7. The monoisotopic (exact) mass is 259 g/mol. The van der Waals surface area contributed by atoms with Gasteiger partial charge in [-0.05, 0) is 11.6 Å². The predicted molar refractivity (Wildman–Crippen MR) is 60.5 cm³/mol. The number of hydrogen-bond donors (Lipinski definition) is 0. The summed E-state index contributed by atoms with van der Waals surface area (Å²) in [5.74, 6) is -0.790. The number of carbonyl (C=O) groups excluding carboxylic acids is 1. The molecule has 0 bridgehead atoms. The van der Waals surface area contributed by atoms with Crippen molar-refractivity contribution in [2.24, 2.45) is 0 Å². The molecule has 1 rings (SSSR count). The number of nitro benzene ring substituents is 1. The average Bonchev–Trinajstić information content (AvgIpc) is 2.35. The van der Waals surface area contributed by atoms with E-state index in [0.29, 0.717) is 5.56 Å². The summed E-state index contributed by atoms with van der Waals surface area (Å²) in [5.41, 5.74) is 0.116. The molecule has 6 nitrogen and oxygen atoms in total. The highest BCUT2D eigenvalue weighted by atomic mass is 35.5. The van der Waals surface area contributed by atoms with Gasteiger partial charge in [0, 0.05) is 11.9 Å². The zero-order valence-corrected chi connectivity index (χ0v) is 9.98. The number of nitrogens with zero attached hydrogens (tertiary/aromatic N) is 1. The predicted octanol–water partition coefficient (Wildman–Crippen LogP) is 2.13. The Morgan fingerprint density at radius 2 is 2.12 bits per heavy atom. The Bertz CT molecular complexity index is 460. The first kappa shape index (κ1) is 13.2. The summed E-state index contributed by atoms with van der Waals surface area (Å²) in [6.07, 6.45) is 0. The van der Waals surface area contributed by atoms with Crippen molar-refractivity contribution in [3.63, 3.8) is 0 Å². The highest BCUT2D eigenvalue weighted by molar-refractivity contribution is 6.17. The molecule has 0 fully saturated rings. The van der Waals surface area contributed by atoms with E-state index in [0.717, 1.165) is 0 Å². The van der Waals surface area contributed by atoms with Crippen molar-refractivity contribution in [3.05, 3.63) is 33.4 Å². The number of esters is 1. The third kappa shape index (κ3) is 2.65. The molecule has 0 amide bonds. The molecule has 0 radical (unpaired) electrons. The van der Waals surface area contributed by atoms with Gasteiger partial charge in [0.25, 0.3) is 0 Å². The number of benzene rings is 1. The van der Waals surface area contributed by atoms with Crippen molar-refractivity contribution in [2.45, 2.75) is 5.88 Å². The van der Waals surface area contributed by atoms with Crippen molar-refractivity contribution >= 4 is 23.3 Å². The maximum atomic E-state index is 11.5. The van der Waals surface area contributed by atoms with Crippen LogP contribution >= 0.6 is 11.6 Å². The highest BCUT2D eigenvalue weighted by Crippen LogP contribution is 2.33. The summed E-state index contributed by atoms with van der Waals surface area (Å²) in [7, 11) is 2.43. The van der Waals surface area contributed by atoms with Crippen molar-refractivity contribution in [3.8, 4) is 5.75 Å². The molecule has 0 aromatic heterocycles. The lowest BCUT2D eigenvalue weighted by Crippen LogP contribution is -2.07. The molecule has 1 aromatic rings. The molecule has 0 heterocycles. The number of halogens is 1. The number of hydrogen-bond acceptors (Lipinski definition) is 5. The Balaban J connectivity index is 3.50. The third-order valence-corrected chi connectivity index (χ3v) is 2.40. The molecule has 0 aliphatic heterocycles. The molecule has 7 heteroatoms. The van der Waals surface area contributed by atoms with Crippen LogP contribution in [-0.4, -0.2) is 25.1 Å². The van der Waals surface area contributed by atoms with E-state index in [4.69, 9.17) is 16.3 Å². The van der Waals surface area contributed by atoms with Gasteiger partial charge in [-0.25, -0.2) is 4.79 Å². The normalized spacial score (nSPS) is 9.82. The third-order valence-electron chi connectivity index (χ3n) is 2.09. The minimum Gasteiger partial charge on any atom is -0.490 e. The fraction of sp³-hybridized carbons (Fsp3) is 0.300. The molecule has 0 aliphatic rings. The van der Waals surface area contributed by atoms with Crippen LogP contribution in [0.25, 0.3) is 0 Å². The molecule has 1 aromatic carbocycles. The van der Waals surface area contributed by atoms with E-state index in [-0.39, 0.29) is 22.9 Å². The van der Waals surface area contributed by atoms with Crippen LogP contribution in [0, 0.1) is 10.1 Å². The summed E-state index contributed by atoms with van der Waals surface area (Å²) in [6, 6.07) is 2.67. The summed E-state index contributed by atoms with van der Waals surface area (Å²) < 4.78 is 9.40. The van der Waals surface area contributed by atoms with Crippen LogP contribution in [0.15, 0.2) is 12.1 Å². The lowest BCUT2D eigenvalue weighted by atomic mass is 10.1. The second-order valence-electron chi connectivity index (χ2n) is 3.08. The van der Waals surface area contributed by atoms with Crippen LogP contribution in [0.2, 0.25) is 0 Å². The molecule has 92 valence electrons. The van der Waals surface area contributed by atoms with Crippen LogP contribution in [0.5, 0.6) is 5.75 Å². The second kappa shape index (κ2) is 5.49. The smallest absolute Gasteiger partial charge is 0.341 e. The lowest BCUT2D eigenvalue weighted by Gasteiger charge is -2.08. The second-order valence-corrected chi connectivity index (χ2v) is 3.35. The maximum absolute atomic E-state index is 11.5. The Morgan fingerprint density at radius 3 is 2.53 bits per heavy atom. The summed E-state index contributed by atoms with van der Waals surface area (Å²) in [6.45, 7) is 0. The van der Waals surface area contributed by atoms with Gasteiger partial charge in [-0.3, -0.25) is 10.1 Å². The number of methoxy groups -OCH3 is 2. The molecule has 0 atom stereocenters. The van der Waals surface area contributed by atoms with Crippen LogP contribution in [0.1, 0.15) is 15.9 Å². The largest absolute Gasteiger partial charge is 0.490 e. The molecule has 0 aliphatic carbocycles. The minimum absolute atomic E-state index is 0.0140. The Kier molecular flexibility index (Phi) is 4.28. The molecular formula is C10H10ClNO5. The number of ether oxygens (including phenoxy) is 2.